The van der Waals surface area contributed by atoms with Gasteiger partial charge in [-0.05, 0) is 25.0 Å². The molecule has 0 unspecified atom stereocenters. The SMILES string of the molecule is COc1ccc2c(C(C)C)nc(C)nc2c1. The second-order valence-electron chi connectivity index (χ2n) is 4.19. The smallest absolute Gasteiger partial charge is 0.126 e. The lowest BCUT2D eigenvalue weighted by atomic mass is 10.0. The van der Waals surface area contributed by atoms with E-state index in [-0.39, 0.29) is 0 Å². The van der Waals surface area contributed by atoms with Crippen molar-refractivity contribution in [2.45, 2.75) is 26.7 Å². The topological polar surface area (TPSA) is 35.0 Å². The van der Waals surface area contributed by atoms with E-state index < -0.39 is 0 Å². The number of rotatable bonds is 2. The van der Waals surface area contributed by atoms with Crippen LogP contribution in [0.2, 0.25) is 0 Å². The van der Waals surface area contributed by atoms with Gasteiger partial charge in [-0.15, -0.1) is 0 Å². The molecule has 0 saturated carbocycles. The number of methoxy groups -OCH3 is 1. The number of fused-ring (bicyclic) bond motifs is 1. The minimum atomic E-state index is 0.401. The molecule has 0 radical (unpaired) electrons. The number of hydrogen-bond acceptors (Lipinski definition) is 3. The molecule has 3 heteroatoms. The standard InChI is InChI=1S/C13H16N2O/c1-8(2)13-11-6-5-10(16-4)7-12(11)14-9(3)15-13/h5-8H,1-4H3. The Kier molecular flexibility index (Phi) is 2.77. The molecule has 1 heterocycles. The molecular weight excluding hydrogens is 200 g/mol. The molecule has 1 aromatic carbocycles. The molecule has 0 aliphatic rings. The third-order valence-electron chi connectivity index (χ3n) is 2.59. The summed E-state index contributed by atoms with van der Waals surface area (Å²) in [6.07, 6.45) is 0. The monoisotopic (exact) mass is 216 g/mol. The Balaban J connectivity index is 2.73. The van der Waals surface area contributed by atoms with E-state index in [0.29, 0.717) is 5.92 Å². The van der Waals surface area contributed by atoms with Crippen molar-refractivity contribution in [3.05, 3.63) is 29.7 Å². The Morgan fingerprint density at radius 3 is 2.56 bits per heavy atom. The average Bonchev–Trinajstić information content (AvgIpc) is 2.26. The maximum absolute atomic E-state index is 5.20. The Morgan fingerprint density at radius 1 is 1.19 bits per heavy atom. The zero-order chi connectivity index (χ0) is 11.7. The van der Waals surface area contributed by atoms with Crippen LogP contribution < -0.4 is 4.74 Å². The van der Waals surface area contributed by atoms with Crippen molar-refractivity contribution >= 4 is 10.9 Å². The van der Waals surface area contributed by atoms with Crippen LogP contribution in [0.1, 0.15) is 31.3 Å². The van der Waals surface area contributed by atoms with Crippen LogP contribution in [0.5, 0.6) is 5.75 Å². The quantitative estimate of drug-likeness (QED) is 0.773. The highest BCUT2D eigenvalue weighted by Crippen LogP contribution is 2.25. The maximum Gasteiger partial charge on any atom is 0.126 e. The van der Waals surface area contributed by atoms with E-state index in [0.717, 1.165) is 28.2 Å². The van der Waals surface area contributed by atoms with Gasteiger partial charge >= 0.3 is 0 Å². The number of benzene rings is 1. The summed E-state index contributed by atoms with van der Waals surface area (Å²) < 4.78 is 5.20. The summed E-state index contributed by atoms with van der Waals surface area (Å²) in [6, 6.07) is 5.94. The van der Waals surface area contributed by atoms with Gasteiger partial charge in [-0.25, -0.2) is 9.97 Å². The number of nitrogens with zero attached hydrogens (tertiary/aromatic N) is 2. The molecule has 0 bridgehead atoms. The van der Waals surface area contributed by atoms with Gasteiger partial charge in [-0.1, -0.05) is 13.8 Å². The van der Waals surface area contributed by atoms with E-state index >= 15 is 0 Å². The molecule has 0 fully saturated rings. The van der Waals surface area contributed by atoms with Crippen LogP contribution in [0, 0.1) is 6.92 Å². The number of aryl methyl sites for hydroxylation is 1. The highest BCUT2D eigenvalue weighted by Gasteiger charge is 2.09. The molecule has 0 amide bonds. The Hall–Kier alpha value is -1.64. The van der Waals surface area contributed by atoms with Gasteiger partial charge in [0.05, 0.1) is 18.3 Å². The first kappa shape index (κ1) is 10.9. The van der Waals surface area contributed by atoms with E-state index in [2.05, 4.69) is 23.8 Å². The lowest BCUT2D eigenvalue weighted by molar-refractivity contribution is 0.415. The largest absolute Gasteiger partial charge is 0.497 e. The maximum atomic E-state index is 5.20. The van der Waals surface area contributed by atoms with Gasteiger partial charge in [-0.3, -0.25) is 0 Å². The molecule has 0 atom stereocenters. The minimum Gasteiger partial charge on any atom is -0.497 e. The van der Waals surface area contributed by atoms with Crippen molar-refractivity contribution < 1.29 is 4.74 Å². The summed E-state index contributed by atoms with van der Waals surface area (Å²) in [5, 5.41) is 1.11. The van der Waals surface area contributed by atoms with E-state index in [1.165, 1.54) is 0 Å². The molecule has 1 aromatic heterocycles. The molecule has 84 valence electrons. The molecule has 16 heavy (non-hydrogen) atoms. The lowest BCUT2D eigenvalue weighted by Crippen LogP contribution is -1.99. The summed E-state index contributed by atoms with van der Waals surface area (Å²) in [4.78, 5) is 8.94. The van der Waals surface area contributed by atoms with E-state index in [4.69, 9.17) is 4.74 Å². The summed E-state index contributed by atoms with van der Waals surface area (Å²) in [6.45, 7) is 6.21. The second-order valence-corrected chi connectivity index (χ2v) is 4.19. The fraction of sp³-hybridized carbons (Fsp3) is 0.385. The van der Waals surface area contributed by atoms with Crippen molar-refractivity contribution in [3.63, 3.8) is 0 Å². The molecule has 3 nitrogen and oxygen atoms in total. The van der Waals surface area contributed by atoms with Gasteiger partial charge in [0.1, 0.15) is 11.6 Å². The molecule has 0 aliphatic heterocycles. The van der Waals surface area contributed by atoms with Crippen LogP contribution >= 0.6 is 0 Å². The zero-order valence-electron chi connectivity index (χ0n) is 10.1. The van der Waals surface area contributed by atoms with Crippen molar-refractivity contribution in [1.82, 2.24) is 9.97 Å². The molecule has 0 spiro atoms. The van der Waals surface area contributed by atoms with Crippen LogP contribution in [-0.2, 0) is 0 Å². The van der Waals surface area contributed by atoms with E-state index in [1.807, 2.05) is 25.1 Å². The third-order valence-corrected chi connectivity index (χ3v) is 2.59. The minimum absolute atomic E-state index is 0.401. The fourth-order valence-corrected chi connectivity index (χ4v) is 1.82. The number of ether oxygens (including phenoxy) is 1. The first-order chi connectivity index (χ1) is 7.61. The third kappa shape index (κ3) is 1.85. The first-order valence-corrected chi connectivity index (χ1v) is 5.44. The molecule has 0 saturated heterocycles. The fourth-order valence-electron chi connectivity index (χ4n) is 1.82. The Morgan fingerprint density at radius 2 is 1.94 bits per heavy atom. The van der Waals surface area contributed by atoms with E-state index in [9.17, 15) is 0 Å². The second kappa shape index (κ2) is 4.08. The van der Waals surface area contributed by atoms with Gasteiger partial charge in [0.25, 0.3) is 0 Å². The van der Waals surface area contributed by atoms with Gasteiger partial charge in [0.15, 0.2) is 0 Å². The molecule has 2 rings (SSSR count). The number of aromatic nitrogens is 2. The lowest BCUT2D eigenvalue weighted by Gasteiger charge is -2.10. The van der Waals surface area contributed by atoms with Crippen molar-refractivity contribution in [2.75, 3.05) is 7.11 Å². The average molecular weight is 216 g/mol. The summed E-state index contributed by atoms with van der Waals surface area (Å²) in [5.74, 6) is 2.04. The van der Waals surface area contributed by atoms with Crippen LogP contribution in [0.25, 0.3) is 10.9 Å². The summed E-state index contributed by atoms with van der Waals surface area (Å²) >= 11 is 0. The van der Waals surface area contributed by atoms with Gasteiger partial charge in [-0.2, -0.15) is 0 Å². The van der Waals surface area contributed by atoms with Crippen molar-refractivity contribution in [3.8, 4) is 5.75 Å². The first-order valence-electron chi connectivity index (χ1n) is 5.44. The predicted molar refractivity (Wildman–Crippen MR) is 64.9 cm³/mol. The molecule has 0 aliphatic carbocycles. The van der Waals surface area contributed by atoms with E-state index in [1.54, 1.807) is 7.11 Å². The molecular formula is C13H16N2O. The van der Waals surface area contributed by atoms with Gasteiger partial charge in [0.2, 0.25) is 0 Å². The molecule has 2 aromatic rings. The Bertz CT molecular complexity index is 521. The van der Waals surface area contributed by atoms with Gasteiger partial charge in [0, 0.05) is 11.5 Å². The van der Waals surface area contributed by atoms with Crippen LogP contribution in [0.3, 0.4) is 0 Å². The van der Waals surface area contributed by atoms with Crippen molar-refractivity contribution in [1.29, 1.82) is 0 Å². The normalized spacial score (nSPS) is 11.1. The summed E-state index contributed by atoms with van der Waals surface area (Å²) in [7, 11) is 1.67. The number of hydrogen-bond donors (Lipinski definition) is 0. The van der Waals surface area contributed by atoms with Crippen LogP contribution in [0.15, 0.2) is 18.2 Å². The Labute approximate surface area is 95.5 Å². The summed E-state index contributed by atoms with van der Waals surface area (Å²) in [5.41, 5.74) is 2.06. The molecule has 0 N–H and O–H groups in total. The zero-order valence-corrected chi connectivity index (χ0v) is 10.1. The highest BCUT2D eigenvalue weighted by atomic mass is 16.5. The van der Waals surface area contributed by atoms with Crippen LogP contribution in [0.4, 0.5) is 0 Å². The van der Waals surface area contributed by atoms with Crippen LogP contribution in [-0.4, -0.2) is 17.1 Å². The highest BCUT2D eigenvalue weighted by molar-refractivity contribution is 5.82. The predicted octanol–water partition coefficient (Wildman–Crippen LogP) is 3.07. The van der Waals surface area contributed by atoms with Gasteiger partial charge < -0.3 is 4.74 Å². The van der Waals surface area contributed by atoms with Crippen molar-refractivity contribution in [2.24, 2.45) is 0 Å².